The predicted octanol–water partition coefficient (Wildman–Crippen LogP) is 3.91. The highest BCUT2D eigenvalue weighted by atomic mass is 35.5. The van der Waals surface area contributed by atoms with Gasteiger partial charge in [-0.1, -0.05) is 23.7 Å². The fourth-order valence-corrected chi connectivity index (χ4v) is 4.37. The molecule has 4 rings (SSSR count). The summed E-state index contributed by atoms with van der Waals surface area (Å²) in [7, 11) is 3.12. The molecule has 1 aliphatic heterocycles. The second-order valence-corrected chi connectivity index (χ2v) is 8.31. The smallest absolute Gasteiger partial charge is 0.227 e. The molecule has 2 aromatic rings. The summed E-state index contributed by atoms with van der Waals surface area (Å²) in [5.74, 6) is 0.594. The number of carbonyl (C=O) groups excluding carboxylic acids is 2. The number of methoxy groups -OCH3 is 2. The van der Waals surface area contributed by atoms with Crippen LogP contribution in [0.1, 0.15) is 31.2 Å². The molecule has 2 aliphatic rings. The first kappa shape index (κ1) is 20.5. The summed E-state index contributed by atoms with van der Waals surface area (Å²) in [6, 6.07) is 13.0. The van der Waals surface area contributed by atoms with E-state index in [1.54, 1.807) is 37.3 Å². The van der Waals surface area contributed by atoms with Crippen LogP contribution in [0, 0.1) is 5.92 Å². The van der Waals surface area contributed by atoms with Crippen molar-refractivity contribution in [2.24, 2.45) is 5.92 Å². The summed E-state index contributed by atoms with van der Waals surface area (Å²) in [5, 5.41) is 3.91. The number of nitrogens with zero attached hydrogens (tertiary/aromatic N) is 1. The predicted molar refractivity (Wildman–Crippen MR) is 115 cm³/mol. The monoisotopic (exact) mass is 428 g/mol. The number of halogens is 1. The standard InChI is InChI=1S/C23H25ClN2O4/c1-29-19-9-8-18(13-20(19)30-2)26-14-15(12-21(26)27)22(28)25-23(10-3-11-23)16-4-6-17(24)7-5-16/h4-9,13,15H,3,10-12,14H2,1-2H3,(H,25,28). The topological polar surface area (TPSA) is 67.9 Å². The van der Waals surface area contributed by atoms with Gasteiger partial charge in [-0.15, -0.1) is 0 Å². The van der Waals surface area contributed by atoms with Crippen molar-refractivity contribution in [3.8, 4) is 11.5 Å². The van der Waals surface area contributed by atoms with E-state index in [1.807, 2.05) is 24.3 Å². The fourth-order valence-electron chi connectivity index (χ4n) is 4.25. The van der Waals surface area contributed by atoms with Crippen molar-refractivity contribution in [1.82, 2.24) is 5.32 Å². The fraction of sp³-hybridized carbons (Fsp3) is 0.391. The Labute approximate surface area is 181 Å². The molecule has 0 radical (unpaired) electrons. The van der Waals surface area contributed by atoms with E-state index in [0.29, 0.717) is 28.8 Å². The molecule has 2 amide bonds. The van der Waals surface area contributed by atoms with E-state index in [4.69, 9.17) is 21.1 Å². The van der Waals surface area contributed by atoms with E-state index in [2.05, 4.69) is 5.32 Å². The average molecular weight is 429 g/mol. The summed E-state index contributed by atoms with van der Waals surface area (Å²) >= 11 is 6.02. The first-order chi connectivity index (χ1) is 14.5. The third kappa shape index (κ3) is 3.72. The van der Waals surface area contributed by atoms with Crippen LogP contribution in [-0.2, 0) is 15.1 Å². The van der Waals surface area contributed by atoms with Gasteiger partial charge in [-0.05, 0) is 49.1 Å². The Morgan fingerprint density at radius 3 is 2.40 bits per heavy atom. The van der Waals surface area contributed by atoms with Gasteiger partial charge in [0.05, 0.1) is 25.7 Å². The molecule has 1 aliphatic carbocycles. The number of carbonyl (C=O) groups is 2. The molecule has 30 heavy (non-hydrogen) atoms. The highest BCUT2D eigenvalue weighted by molar-refractivity contribution is 6.30. The molecule has 1 atom stereocenters. The van der Waals surface area contributed by atoms with Crippen LogP contribution in [0.25, 0.3) is 0 Å². The highest BCUT2D eigenvalue weighted by Crippen LogP contribution is 2.42. The molecule has 1 saturated heterocycles. The molecule has 6 nitrogen and oxygen atoms in total. The van der Waals surface area contributed by atoms with Gasteiger partial charge in [-0.25, -0.2) is 0 Å². The molecule has 2 fully saturated rings. The molecule has 0 bridgehead atoms. The lowest BCUT2D eigenvalue weighted by atomic mass is 9.71. The van der Waals surface area contributed by atoms with Crippen LogP contribution in [-0.4, -0.2) is 32.6 Å². The first-order valence-corrected chi connectivity index (χ1v) is 10.4. The molecular weight excluding hydrogens is 404 g/mol. The molecule has 1 saturated carbocycles. The zero-order valence-corrected chi connectivity index (χ0v) is 17.9. The van der Waals surface area contributed by atoms with Gasteiger partial charge >= 0.3 is 0 Å². The summed E-state index contributed by atoms with van der Waals surface area (Å²) < 4.78 is 10.6. The lowest BCUT2D eigenvalue weighted by Gasteiger charge is -2.43. The zero-order chi connectivity index (χ0) is 21.3. The number of amides is 2. The second-order valence-electron chi connectivity index (χ2n) is 7.88. The van der Waals surface area contributed by atoms with Crippen LogP contribution in [0.15, 0.2) is 42.5 Å². The van der Waals surface area contributed by atoms with Gasteiger partial charge in [-0.2, -0.15) is 0 Å². The molecule has 1 unspecified atom stereocenters. The van der Waals surface area contributed by atoms with Crippen molar-refractivity contribution in [3.05, 3.63) is 53.1 Å². The van der Waals surface area contributed by atoms with Crippen LogP contribution in [0.3, 0.4) is 0 Å². The van der Waals surface area contributed by atoms with E-state index in [-0.39, 0.29) is 23.8 Å². The third-order valence-electron chi connectivity index (χ3n) is 6.14. The van der Waals surface area contributed by atoms with Crippen molar-refractivity contribution in [2.75, 3.05) is 25.7 Å². The maximum Gasteiger partial charge on any atom is 0.227 e. The minimum Gasteiger partial charge on any atom is -0.493 e. The third-order valence-corrected chi connectivity index (χ3v) is 6.39. The molecule has 0 aromatic heterocycles. The Balaban J connectivity index is 1.48. The number of rotatable bonds is 6. The Bertz CT molecular complexity index is 956. The van der Waals surface area contributed by atoms with Gasteiger partial charge in [0.15, 0.2) is 11.5 Å². The number of ether oxygens (including phenoxy) is 2. The molecular formula is C23H25ClN2O4. The second kappa shape index (κ2) is 8.19. The van der Waals surface area contributed by atoms with Crippen molar-refractivity contribution < 1.29 is 19.1 Å². The lowest BCUT2D eigenvalue weighted by Crippen LogP contribution is -2.52. The SMILES string of the molecule is COc1ccc(N2CC(C(=O)NC3(c4ccc(Cl)cc4)CCC3)CC2=O)cc1OC. The average Bonchev–Trinajstić information content (AvgIpc) is 3.12. The number of benzene rings is 2. The largest absolute Gasteiger partial charge is 0.493 e. The number of hydrogen-bond donors (Lipinski definition) is 1. The van der Waals surface area contributed by atoms with Gasteiger partial charge in [0.1, 0.15) is 0 Å². The summed E-state index contributed by atoms with van der Waals surface area (Å²) in [4.78, 5) is 27.4. The molecule has 1 N–H and O–H groups in total. The molecule has 2 aromatic carbocycles. The normalized spacial score (nSPS) is 19.9. The van der Waals surface area contributed by atoms with E-state index in [0.717, 1.165) is 24.8 Å². The van der Waals surface area contributed by atoms with E-state index < -0.39 is 5.92 Å². The molecule has 158 valence electrons. The van der Waals surface area contributed by atoms with Crippen molar-refractivity contribution in [1.29, 1.82) is 0 Å². The molecule has 7 heteroatoms. The van der Waals surface area contributed by atoms with Crippen LogP contribution >= 0.6 is 11.6 Å². The van der Waals surface area contributed by atoms with Gasteiger partial charge in [-0.3, -0.25) is 9.59 Å². The number of nitrogens with one attached hydrogen (secondary N) is 1. The minimum absolute atomic E-state index is 0.0727. The number of hydrogen-bond acceptors (Lipinski definition) is 4. The van der Waals surface area contributed by atoms with Crippen LogP contribution < -0.4 is 19.7 Å². The van der Waals surface area contributed by atoms with Gasteiger partial charge in [0, 0.05) is 29.7 Å². The van der Waals surface area contributed by atoms with Crippen LogP contribution in [0.2, 0.25) is 5.02 Å². The molecule has 0 spiro atoms. The summed E-state index contributed by atoms with van der Waals surface area (Å²) in [6.45, 7) is 0.344. The van der Waals surface area contributed by atoms with Crippen LogP contribution in [0.5, 0.6) is 11.5 Å². The van der Waals surface area contributed by atoms with Gasteiger partial charge < -0.3 is 19.7 Å². The van der Waals surface area contributed by atoms with Gasteiger partial charge in [0.25, 0.3) is 0 Å². The van der Waals surface area contributed by atoms with Crippen molar-refractivity contribution in [3.63, 3.8) is 0 Å². The summed E-state index contributed by atoms with van der Waals surface area (Å²) in [6.07, 6.45) is 3.03. The first-order valence-electron chi connectivity index (χ1n) is 10.1. The highest BCUT2D eigenvalue weighted by Gasteiger charge is 2.43. The lowest BCUT2D eigenvalue weighted by molar-refractivity contribution is -0.129. The van der Waals surface area contributed by atoms with Crippen molar-refractivity contribution >= 4 is 29.1 Å². The van der Waals surface area contributed by atoms with E-state index in [9.17, 15) is 9.59 Å². The Morgan fingerprint density at radius 1 is 1.10 bits per heavy atom. The van der Waals surface area contributed by atoms with Crippen LogP contribution in [0.4, 0.5) is 5.69 Å². The van der Waals surface area contributed by atoms with E-state index in [1.165, 1.54) is 0 Å². The quantitative estimate of drug-likeness (QED) is 0.757. The zero-order valence-electron chi connectivity index (χ0n) is 17.1. The minimum atomic E-state index is -0.393. The van der Waals surface area contributed by atoms with Gasteiger partial charge in [0.2, 0.25) is 11.8 Å². The van der Waals surface area contributed by atoms with E-state index >= 15 is 0 Å². The Hall–Kier alpha value is -2.73. The number of anilines is 1. The Kier molecular flexibility index (Phi) is 5.60. The molecule has 1 heterocycles. The maximum absolute atomic E-state index is 13.1. The van der Waals surface area contributed by atoms with Crippen molar-refractivity contribution in [2.45, 2.75) is 31.2 Å². The summed E-state index contributed by atoms with van der Waals surface area (Å²) in [5.41, 5.74) is 1.40. The Morgan fingerprint density at radius 2 is 1.80 bits per heavy atom. The maximum atomic E-state index is 13.1.